The number of carbonyl (C=O) groups is 1. The van der Waals surface area contributed by atoms with E-state index in [4.69, 9.17) is 23.2 Å². The third kappa shape index (κ3) is 6.79. The molecule has 1 saturated heterocycles. The van der Waals surface area contributed by atoms with Gasteiger partial charge in [0.2, 0.25) is 15.9 Å². The quantitative estimate of drug-likeness (QED) is 0.406. The second-order valence-corrected chi connectivity index (χ2v) is 13.0. The van der Waals surface area contributed by atoms with Crippen molar-refractivity contribution in [3.05, 3.63) is 82.6 Å². The third-order valence-electron chi connectivity index (χ3n) is 5.88. The van der Waals surface area contributed by atoms with E-state index in [-0.39, 0.29) is 33.1 Å². The minimum Gasteiger partial charge on any atom is -0.326 e. The molecule has 1 amide bonds. The minimum absolute atomic E-state index is 0.0162. The summed E-state index contributed by atoms with van der Waals surface area (Å²) in [6, 6.07) is 13.7. The van der Waals surface area contributed by atoms with E-state index in [9.17, 15) is 21.6 Å². The van der Waals surface area contributed by atoms with Gasteiger partial charge in [-0.1, -0.05) is 29.3 Å². The van der Waals surface area contributed by atoms with E-state index in [0.717, 1.165) is 0 Å². The molecule has 9 nitrogen and oxygen atoms in total. The summed E-state index contributed by atoms with van der Waals surface area (Å²) in [5.74, 6) is -1.27. The summed E-state index contributed by atoms with van der Waals surface area (Å²) < 4.78 is 55.0. The summed E-state index contributed by atoms with van der Waals surface area (Å²) in [5.41, 5.74) is 1.05. The van der Waals surface area contributed by atoms with Crippen molar-refractivity contribution in [2.24, 2.45) is 5.92 Å². The normalized spacial score (nSPS) is 16.8. The van der Waals surface area contributed by atoms with Gasteiger partial charge in [-0.3, -0.25) is 14.5 Å². The number of amides is 1. The van der Waals surface area contributed by atoms with Crippen molar-refractivity contribution in [2.75, 3.05) is 23.1 Å². The number of nitrogens with zero attached hydrogens (tertiary/aromatic N) is 2. The first-order valence-corrected chi connectivity index (χ1v) is 15.1. The van der Waals surface area contributed by atoms with E-state index >= 15 is 0 Å². The zero-order valence-electron chi connectivity index (χ0n) is 19.5. The van der Waals surface area contributed by atoms with Crippen LogP contribution in [-0.4, -0.2) is 45.1 Å². The Morgan fingerprint density at radius 2 is 1.68 bits per heavy atom. The number of halogens is 2. The number of aromatic nitrogens is 1. The summed E-state index contributed by atoms with van der Waals surface area (Å²) in [4.78, 5) is 16.8. The Hall–Kier alpha value is -2.70. The second-order valence-electron chi connectivity index (χ2n) is 8.51. The molecule has 3 aromatic rings. The van der Waals surface area contributed by atoms with Crippen molar-refractivity contribution in [1.29, 1.82) is 0 Å². The highest BCUT2D eigenvalue weighted by atomic mass is 35.5. The van der Waals surface area contributed by atoms with Crippen molar-refractivity contribution in [1.82, 2.24) is 9.29 Å². The first-order valence-electron chi connectivity index (χ1n) is 11.3. The fourth-order valence-electron chi connectivity index (χ4n) is 3.95. The predicted octanol–water partition coefficient (Wildman–Crippen LogP) is 4.37. The maximum absolute atomic E-state index is 13.1. The molecule has 2 aromatic carbocycles. The average molecular weight is 584 g/mol. The molecule has 2 heterocycles. The molecule has 1 atom stereocenters. The smallest absolute Gasteiger partial charge is 0.261 e. The standard InChI is InChI=1S/C24H24Cl2N4O5S2/c25-22-6-1-7-23(26)21(22)16-36(32,33)30-13-3-4-17(15-30)24(31)28-18-8-10-20(11-9-18)37(34,35)29-19-5-2-12-27-14-19/h1-2,5-12,14,17,29H,3-4,13,15-16H2,(H,28,31)/t17-/m0/s1. The number of rotatable bonds is 8. The Morgan fingerprint density at radius 1 is 0.973 bits per heavy atom. The summed E-state index contributed by atoms with van der Waals surface area (Å²) in [6.45, 7) is 0.322. The lowest BCUT2D eigenvalue weighted by Crippen LogP contribution is -2.44. The number of carbonyl (C=O) groups excluding carboxylic acids is 1. The van der Waals surface area contributed by atoms with Crippen LogP contribution in [0.4, 0.5) is 11.4 Å². The highest BCUT2D eigenvalue weighted by Gasteiger charge is 2.33. The molecular formula is C24H24Cl2N4O5S2. The summed E-state index contributed by atoms with van der Waals surface area (Å²) in [6.07, 6.45) is 3.96. The van der Waals surface area contributed by atoms with Gasteiger partial charge in [0.05, 0.1) is 28.5 Å². The lowest BCUT2D eigenvalue weighted by atomic mass is 9.99. The maximum Gasteiger partial charge on any atom is 0.261 e. The van der Waals surface area contributed by atoms with Crippen LogP contribution in [0.25, 0.3) is 0 Å². The van der Waals surface area contributed by atoms with Crippen LogP contribution in [0.2, 0.25) is 10.0 Å². The summed E-state index contributed by atoms with van der Waals surface area (Å²) in [7, 11) is -7.59. The van der Waals surface area contributed by atoms with Crippen molar-refractivity contribution < 1.29 is 21.6 Å². The van der Waals surface area contributed by atoms with Gasteiger partial charge in [0, 0.05) is 40.6 Å². The van der Waals surface area contributed by atoms with Crippen molar-refractivity contribution >= 4 is 60.5 Å². The van der Waals surface area contributed by atoms with Crippen LogP contribution < -0.4 is 10.0 Å². The van der Waals surface area contributed by atoms with Crippen molar-refractivity contribution in [2.45, 2.75) is 23.5 Å². The molecule has 1 aromatic heterocycles. The summed E-state index contributed by atoms with van der Waals surface area (Å²) >= 11 is 12.3. The molecule has 0 bridgehead atoms. The van der Waals surface area contributed by atoms with E-state index in [2.05, 4.69) is 15.0 Å². The fraction of sp³-hybridized carbons (Fsp3) is 0.250. The fourth-order valence-corrected chi connectivity index (χ4v) is 7.36. The van der Waals surface area contributed by atoms with Gasteiger partial charge in [0.1, 0.15) is 0 Å². The van der Waals surface area contributed by atoms with Crippen LogP contribution in [0, 0.1) is 5.92 Å². The lowest BCUT2D eigenvalue weighted by Gasteiger charge is -2.31. The van der Waals surface area contributed by atoms with Crippen LogP contribution in [0.3, 0.4) is 0 Å². The monoisotopic (exact) mass is 582 g/mol. The Labute approximate surface area is 225 Å². The van der Waals surface area contributed by atoms with E-state index in [1.807, 2.05) is 0 Å². The minimum atomic E-state index is -3.83. The Morgan fingerprint density at radius 3 is 2.32 bits per heavy atom. The number of piperidine rings is 1. The number of anilines is 2. The van der Waals surface area contributed by atoms with Crippen molar-refractivity contribution in [3.63, 3.8) is 0 Å². The number of pyridine rings is 1. The average Bonchev–Trinajstić information content (AvgIpc) is 2.87. The number of hydrogen-bond acceptors (Lipinski definition) is 6. The van der Waals surface area contributed by atoms with Gasteiger partial charge in [-0.15, -0.1) is 0 Å². The van der Waals surface area contributed by atoms with Crippen molar-refractivity contribution in [3.8, 4) is 0 Å². The first kappa shape index (κ1) is 27.3. The van der Waals surface area contributed by atoms with Gasteiger partial charge < -0.3 is 5.32 Å². The molecule has 1 aliphatic rings. The summed E-state index contributed by atoms with van der Waals surface area (Å²) in [5, 5.41) is 3.29. The molecule has 0 radical (unpaired) electrons. The van der Waals surface area contributed by atoms with Gasteiger partial charge in [-0.2, -0.15) is 0 Å². The van der Waals surface area contributed by atoms with Crippen LogP contribution in [-0.2, 0) is 30.6 Å². The molecule has 2 N–H and O–H groups in total. The zero-order chi connectivity index (χ0) is 26.6. The highest BCUT2D eigenvalue weighted by Crippen LogP contribution is 2.29. The molecule has 1 aliphatic heterocycles. The van der Waals surface area contributed by atoms with E-state index in [1.165, 1.54) is 41.0 Å². The van der Waals surface area contributed by atoms with Gasteiger partial charge in [0.25, 0.3) is 10.0 Å². The molecule has 4 rings (SSSR count). The second kappa shape index (κ2) is 11.4. The third-order valence-corrected chi connectivity index (χ3v) is 9.76. The lowest BCUT2D eigenvalue weighted by molar-refractivity contribution is -0.120. The molecule has 0 aliphatic carbocycles. The first-order chi connectivity index (χ1) is 17.5. The Bertz CT molecular complexity index is 1470. The number of nitrogens with one attached hydrogen (secondary N) is 2. The molecule has 1 fully saturated rings. The van der Waals surface area contributed by atoms with Gasteiger partial charge in [-0.05, 0) is 61.4 Å². The van der Waals surface area contributed by atoms with E-state index < -0.39 is 26.0 Å². The largest absolute Gasteiger partial charge is 0.326 e. The number of benzene rings is 2. The van der Waals surface area contributed by atoms with E-state index in [0.29, 0.717) is 36.3 Å². The van der Waals surface area contributed by atoms with E-state index in [1.54, 1.807) is 30.3 Å². The molecule has 37 heavy (non-hydrogen) atoms. The van der Waals surface area contributed by atoms with Gasteiger partial charge in [-0.25, -0.2) is 21.1 Å². The van der Waals surface area contributed by atoms with Gasteiger partial charge in [0.15, 0.2) is 0 Å². The van der Waals surface area contributed by atoms with Gasteiger partial charge >= 0.3 is 0 Å². The number of hydrogen-bond donors (Lipinski definition) is 2. The van der Waals surface area contributed by atoms with Crippen LogP contribution in [0.5, 0.6) is 0 Å². The van der Waals surface area contributed by atoms with Crippen LogP contribution >= 0.6 is 23.2 Å². The Balaban J connectivity index is 1.39. The molecule has 13 heteroatoms. The molecule has 0 spiro atoms. The zero-order valence-corrected chi connectivity index (χ0v) is 22.6. The highest BCUT2D eigenvalue weighted by molar-refractivity contribution is 7.92. The molecule has 0 unspecified atom stereocenters. The molecule has 0 saturated carbocycles. The Kier molecular flexibility index (Phi) is 8.39. The van der Waals surface area contributed by atoms with Crippen LogP contribution in [0.1, 0.15) is 18.4 Å². The SMILES string of the molecule is O=C(Nc1ccc(S(=O)(=O)Nc2cccnc2)cc1)[C@H]1CCCN(S(=O)(=O)Cc2c(Cl)cccc2Cl)C1. The topological polar surface area (TPSA) is 126 Å². The molecular weight excluding hydrogens is 559 g/mol. The molecule has 196 valence electrons. The number of sulfonamides is 2. The predicted molar refractivity (Wildman–Crippen MR) is 143 cm³/mol. The maximum atomic E-state index is 13.1. The van der Waals surface area contributed by atoms with Crippen LogP contribution in [0.15, 0.2) is 71.9 Å².